The highest BCUT2D eigenvalue weighted by Crippen LogP contribution is 2.18. The van der Waals surface area contributed by atoms with E-state index in [4.69, 9.17) is 10.5 Å². The molecule has 1 aromatic rings. The largest absolute Gasteiger partial charge is 0.381 e. The number of halogens is 1. The summed E-state index contributed by atoms with van der Waals surface area (Å²) >= 11 is 0. The van der Waals surface area contributed by atoms with Crippen LogP contribution in [-0.2, 0) is 11.2 Å². The van der Waals surface area contributed by atoms with Crippen molar-refractivity contribution in [1.82, 2.24) is 0 Å². The van der Waals surface area contributed by atoms with E-state index in [-0.39, 0.29) is 11.9 Å². The highest BCUT2D eigenvalue weighted by Gasteiger charge is 2.22. The van der Waals surface area contributed by atoms with E-state index in [2.05, 4.69) is 0 Å². The van der Waals surface area contributed by atoms with Crippen molar-refractivity contribution in [3.8, 4) is 0 Å². The van der Waals surface area contributed by atoms with Crippen LogP contribution in [0.3, 0.4) is 0 Å². The lowest BCUT2D eigenvalue weighted by Gasteiger charge is -2.17. The minimum Gasteiger partial charge on any atom is -0.381 e. The molecule has 2 N–H and O–H groups in total. The molecule has 1 aliphatic rings. The Morgan fingerprint density at radius 3 is 3.07 bits per heavy atom. The van der Waals surface area contributed by atoms with Gasteiger partial charge in [-0.05, 0) is 36.5 Å². The van der Waals surface area contributed by atoms with Gasteiger partial charge in [-0.15, -0.1) is 0 Å². The second-order valence-electron chi connectivity index (χ2n) is 4.12. The van der Waals surface area contributed by atoms with Crippen LogP contribution in [0.5, 0.6) is 0 Å². The molecule has 0 spiro atoms. The summed E-state index contributed by atoms with van der Waals surface area (Å²) in [4.78, 5) is 0. The summed E-state index contributed by atoms with van der Waals surface area (Å²) in [5.74, 6) is 0.232. The van der Waals surface area contributed by atoms with E-state index in [0.29, 0.717) is 5.92 Å². The Kier molecular flexibility index (Phi) is 3.34. The van der Waals surface area contributed by atoms with Crippen LogP contribution in [0.4, 0.5) is 4.39 Å². The first-order valence-corrected chi connectivity index (χ1v) is 5.33. The molecule has 0 aromatic heterocycles. The average Bonchev–Trinajstić information content (AvgIpc) is 2.70. The van der Waals surface area contributed by atoms with Crippen LogP contribution >= 0.6 is 0 Å². The Labute approximate surface area is 89.2 Å². The van der Waals surface area contributed by atoms with Crippen LogP contribution < -0.4 is 5.73 Å². The Hall–Kier alpha value is -0.930. The highest BCUT2D eigenvalue weighted by atomic mass is 19.1. The maximum atomic E-state index is 12.9. The van der Waals surface area contributed by atoms with Crippen LogP contribution in [-0.4, -0.2) is 19.3 Å². The van der Waals surface area contributed by atoms with Crippen molar-refractivity contribution < 1.29 is 9.13 Å². The second kappa shape index (κ2) is 4.73. The summed E-state index contributed by atoms with van der Waals surface area (Å²) in [6.45, 7) is 1.55. The van der Waals surface area contributed by atoms with Gasteiger partial charge in [-0.1, -0.05) is 12.1 Å². The summed E-state index contributed by atoms with van der Waals surface area (Å²) in [7, 11) is 0. The Morgan fingerprint density at radius 1 is 1.53 bits per heavy atom. The first-order valence-electron chi connectivity index (χ1n) is 5.33. The lowest BCUT2D eigenvalue weighted by Crippen LogP contribution is -2.32. The topological polar surface area (TPSA) is 35.2 Å². The minimum atomic E-state index is -0.192. The van der Waals surface area contributed by atoms with Gasteiger partial charge in [0, 0.05) is 12.6 Å². The van der Waals surface area contributed by atoms with Gasteiger partial charge < -0.3 is 10.5 Å². The molecule has 2 atom stereocenters. The second-order valence-corrected chi connectivity index (χ2v) is 4.12. The number of rotatable bonds is 3. The van der Waals surface area contributed by atoms with Crippen molar-refractivity contribution in [2.45, 2.75) is 18.9 Å². The van der Waals surface area contributed by atoms with Crippen LogP contribution in [0.15, 0.2) is 24.3 Å². The molecule has 0 radical (unpaired) electrons. The summed E-state index contributed by atoms with van der Waals surface area (Å²) in [5, 5.41) is 0. The Morgan fingerprint density at radius 2 is 2.40 bits per heavy atom. The van der Waals surface area contributed by atoms with Crippen molar-refractivity contribution in [1.29, 1.82) is 0 Å². The molecular formula is C12H16FNO. The number of hydrogen-bond acceptors (Lipinski definition) is 2. The van der Waals surface area contributed by atoms with Crippen LogP contribution in [0.1, 0.15) is 12.0 Å². The van der Waals surface area contributed by atoms with Gasteiger partial charge in [0.15, 0.2) is 0 Å². The zero-order valence-electron chi connectivity index (χ0n) is 8.66. The molecule has 0 bridgehead atoms. The van der Waals surface area contributed by atoms with Crippen molar-refractivity contribution in [2.24, 2.45) is 11.7 Å². The molecule has 15 heavy (non-hydrogen) atoms. The van der Waals surface area contributed by atoms with Gasteiger partial charge in [-0.25, -0.2) is 4.39 Å². The van der Waals surface area contributed by atoms with Gasteiger partial charge in [0.05, 0.1) is 6.61 Å². The molecule has 1 heterocycles. The third-order valence-electron chi connectivity index (χ3n) is 2.93. The highest BCUT2D eigenvalue weighted by molar-refractivity contribution is 5.17. The molecule has 0 amide bonds. The van der Waals surface area contributed by atoms with Crippen LogP contribution in [0.25, 0.3) is 0 Å². The van der Waals surface area contributed by atoms with E-state index < -0.39 is 0 Å². The van der Waals surface area contributed by atoms with E-state index in [9.17, 15) is 4.39 Å². The van der Waals surface area contributed by atoms with E-state index in [1.807, 2.05) is 6.07 Å². The Bertz CT molecular complexity index is 323. The molecule has 2 rings (SSSR count). The fourth-order valence-electron chi connectivity index (χ4n) is 1.99. The van der Waals surface area contributed by atoms with E-state index in [1.54, 1.807) is 12.1 Å². The standard InChI is InChI=1S/C12H16FNO/c13-11-3-1-2-9(6-11)7-12(14)10-4-5-15-8-10/h1-3,6,10,12H,4-5,7-8,14H2. The smallest absolute Gasteiger partial charge is 0.123 e. The number of benzene rings is 1. The first-order chi connectivity index (χ1) is 7.25. The zero-order valence-corrected chi connectivity index (χ0v) is 8.66. The maximum Gasteiger partial charge on any atom is 0.123 e. The van der Waals surface area contributed by atoms with Crippen molar-refractivity contribution in [3.05, 3.63) is 35.6 Å². The molecule has 1 aliphatic heterocycles. The van der Waals surface area contributed by atoms with Crippen LogP contribution in [0, 0.1) is 11.7 Å². The number of hydrogen-bond donors (Lipinski definition) is 1. The van der Waals surface area contributed by atoms with E-state index in [1.165, 1.54) is 6.07 Å². The lowest BCUT2D eigenvalue weighted by molar-refractivity contribution is 0.180. The van der Waals surface area contributed by atoms with E-state index >= 15 is 0 Å². The van der Waals surface area contributed by atoms with Crippen molar-refractivity contribution >= 4 is 0 Å². The third-order valence-corrected chi connectivity index (χ3v) is 2.93. The van der Waals surface area contributed by atoms with Gasteiger partial charge in [0.1, 0.15) is 5.82 Å². The summed E-state index contributed by atoms with van der Waals surface area (Å²) in [5.41, 5.74) is 7.03. The molecule has 1 saturated heterocycles. The number of nitrogens with two attached hydrogens (primary N) is 1. The molecule has 1 fully saturated rings. The maximum absolute atomic E-state index is 12.9. The van der Waals surface area contributed by atoms with Gasteiger partial charge >= 0.3 is 0 Å². The normalized spacial score (nSPS) is 22.9. The fourth-order valence-corrected chi connectivity index (χ4v) is 1.99. The molecule has 2 nitrogen and oxygen atoms in total. The summed E-state index contributed by atoms with van der Waals surface area (Å²) in [6, 6.07) is 6.72. The molecule has 0 saturated carbocycles. The predicted octanol–water partition coefficient (Wildman–Crippen LogP) is 1.73. The fraction of sp³-hybridized carbons (Fsp3) is 0.500. The lowest BCUT2D eigenvalue weighted by atomic mass is 9.94. The van der Waals surface area contributed by atoms with Gasteiger partial charge in [0.2, 0.25) is 0 Å². The van der Waals surface area contributed by atoms with Gasteiger partial charge in [-0.3, -0.25) is 0 Å². The molecular weight excluding hydrogens is 193 g/mol. The predicted molar refractivity (Wildman–Crippen MR) is 57.0 cm³/mol. The summed E-state index contributed by atoms with van der Waals surface area (Å²) in [6.07, 6.45) is 1.75. The minimum absolute atomic E-state index is 0.0781. The van der Waals surface area contributed by atoms with Gasteiger partial charge in [0.25, 0.3) is 0 Å². The van der Waals surface area contributed by atoms with Gasteiger partial charge in [-0.2, -0.15) is 0 Å². The monoisotopic (exact) mass is 209 g/mol. The SMILES string of the molecule is NC(Cc1cccc(F)c1)C1CCOC1. The first kappa shape index (κ1) is 10.6. The molecule has 3 heteroatoms. The average molecular weight is 209 g/mol. The van der Waals surface area contributed by atoms with E-state index in [0.717, 1.165) is 31.6 Å². The summed E-state index contributed by atoms with van der Waals surface area (Å²) < 4.78 is 18.2. The molecule has 82 valence electrons. The molecule has 2 unspecified atom stereocenters. The zero-order chi connectivity index (χ0) is 10.7. The number of ether oxygens (including phenoxy) is 1. The Balaban J connectivity index is 1.95. The van der Waals surface area contributed by atoms with Crippen molar-refractivity contribution in [2.75, 3.05) is 13.2 Å². The molecule has 1 aromatic carbocycles. The third kappa shape index (κ3) is 2.76. The van der Waals surface area contributed by atoms with Crippen LogP contribution in [0.2, 0.25) is 0 Å². The molecule has 0 aliphatic carbocycles. The quantitative estimate of drug-likeness (QED) is 0.822. The van der Waals surface area contributed by atoms with Crippen molar-refractivity contribution in [3.63, 3.8) is 0 Å².